The maximum absolute atomic E-state index is 12.2. The number of hydrogen-bond acceptors (Lipinski definition) is 3. The monoisotopic (exact) mass is 517 g/mol. The van der Waals surface area contributed by atoms with Crippen molar-refractivity contribution < 1.29 is 9.53 Å². The minimum atomic E-state index is -0.0556. The Bertz CT molecular complexity index is 1310. The van der Waals surface area contributed by atoms with E-state index < -0.39 is 0 Å². The van der Waals surface area contributed by atoms with Crippen molar-refractivity contribution in [2.75, 3.05) is 13.2 Å². The average molecular weight is 518 g/mol. The molecule has 3 aromatic carbocycles. The fraction of sp³-hybridized carbons (Fsp3) is 0.355. The van der Waals surface area contributed by atoms with Crippen LogP contribution in [0.1, 0.15) is 59.4 Å². The Morgan fingerprint density at radius 1 is 0.946 bits per heavy atom. The zero-order valence-electron chi connectivity index (χ0n) is 21.8. The number of fused-ring (bicyclic) bond motifs is 1. The number of aryl methyl sites for hydroxylation is 4. The number of amides is 1. The van der Waals surface area contributed by atoms with Gasteiger partial charge in [0.25, 0.3) is 5.91 Å². The Morgan fingerprint density at radius 3 is 2.59 bits per heavy atom. The van der Waals surface area contributed by atoms with Crippen molar-refractivity contribution in [3.05, 3.63) is 94.3 Å². The van der Waals surface area contributed by atoms with E-state index in [1.807, 2.05) is 6.07 Å². The maximum atomic E-state index is 12.2. The number of hydrogen-bond donors (Lipinski definition) is 1. The van der Waals surface area contributed by atoms with E-state index in [2.05, 4.69) is 60.1 Å². The number of nitrogens with zero attached hydrogens (tertiary/aromatic N) is 2. The van der Waals surface area contributed by atoms with E-state index >= 15 is 0 Å². The smallest absolute Gasteiger partial charge is 0.251 e. The highest BCUT2D eigenvalue weighted by Gasteiger charge is 2.10. The molecule has 0 aliphatic carbocycles. The molecule has 0 atom stereocenters. The van der Waals surface area contributed by atoms with Crippen molar-refractivity contribution in [1.29, 1.82) is 0 Å². The molecule has 194 valence electrons. The molecule has 0 aliphatic heterocycles. The Kier molecular flexibility index (Phi) is 9.61. The van der Waals surface area contributed by atoms with Gasteiger partial charge in [-0.2, -0.15) is 0 Å². The Morgan fingerprint density at radius 2 is 1.76 bits per heavy atom. The molecule has 1 heterocycles. The number of imidazole rings is 1. The second-order valence-corrected chi connectivity index (χ2v) is 10.0. The lowest BCUT2D eigenvalue weighted by molar-refractivity contribution is 0.0953. The van der Waals surface area contributed by atoms with Gasteiger partial charge in [0.1, 0.15) is 11.6 Å². The summed E-state index contributed by atoms with van der Waals surface area (Å²) in [5.74, 6) is 2.07. The SMILES string of the molecule is Cc1ccc(C)c(OCCCCn2c(CCCCCNC(=O)c3ccc(Cl)cc3)nc3ccccc32)c1. The van der Waals surface area contributed by atoms with Crippen LogP contribution in [0.5, 0.6) is 5.75 Å². The predicted molar refractivity (Wildman–Crippen MR) is 152 cm³/mol. The van der Waals surface area contributed by atoms with Crippen LogP contribution in [0.15, 0.2) is 66.7 Å². The predicted octanol–water partition coefficient (Wildman–Crippen LogP) is 7.31. The van der Waals surface area contributed by atoms with Gasteiger partial charge >= 0.3 is 0 Å². The number of rotatable bonds is 13. The van der Waals surface area contributed by atoms with Gasteiger partial charge in [-0.05, 0) is 93.1 Å². The summed E-state index contributed by atoms with van der Waals surface area (Å²) in [7, 11) is 0. The quantitative estimate of drug-likeness (QED) is 0.189. The first-order chi connectivity index (χ1) is 18.0. The molecule has 6 heteroatoms. The van der Waals surface area contributed by atoms with Gasteiger partial charge in [-0.25, -0.2) is 4.98 Å². The normalized spacial score (nSPS) is 11.1. The highest BCUT2D eigenvalue weighted by Crippen LogP contribution is 2.21. The van der Waals surface area contributed by atoms with Crippen LogP contribution in [-0.2, 0) is 13.0 Å². The standard InChI is InChI=1S/C31H36ClN3O2/c1-23-13-14-24(2)29(22-23)37-21-9-8-20-35-28-11-6-5-10-27(28)34-30(35)12-4-3-7-19-33-31(36)25-15-17-26(32)18-16-25/h5-6,10-11,13-18,22H,3-4,7-9,12,19-21H2,1-2H3,(H,33,36). The number of carbonyl (C=O) groups is 1. The van der Waals surface area contributed by atoms with Crippen LogP contribution in [0.2, 0.25) is 5.02 Å². The number of para-hydroxylation sites is 2. The molecule has 0 aliphatic rings. The van der Waals surface area contributed by atoms with Gasteiger partial charge in [0.15, 0.2) is 0 Å². The molecule has 0 spiro atoms. The first-order valence-electron chi connectivity index (χ1n) is 13.2. The van der Waals surface area contributed by atoms with E-state index in [1.54, 1.807) is 24.3 Å². The van der Waals surface area contributed by atoms with E-state index in [0.717, 1.165) is 62.2 Å². The third-order valence-corrected chi connectivity index (χ3v) is 6.83. The highest BCUT2D eigenvalue weighted by molar-refractivity contribution is 6.30. The topological polar surface area (TPSA) is 56.1 Å². The maximum Gasteiger partial charge on any atom is 0.251 e. The number of carbonyl (C=O) groups excluding carboxylic acids is 1. The molecule has 0 fully saturated rings. The molecule has 0 saturated carbocycles. The van der Waals surface area contributed by atoms with Crippen molar-refractivity contribution in [2.45, 2.75) is 58.9 Å². The van der Waals surface area contributed by atoms with Gasteiger partial charge < -0.3 is 14.6 Å². The summed E-state index contributed by atoms with van der Waals surface area (Å²) in [4.78, 5) is 17.2. The number of unbranched alkanes of at least 4 members (excludes halogenated alkanes) is 3. The van der Waals surface area contributed by atoms with E-state index in [9.17, 15) is 4.79 Å². The van der Waals surface area contributed by atoms with E-state index in [4.69, 9.17) is 21.3 Å². The Balaban J connectivity index is 1.22. The minimum Gasteiger partial charge on any atom is -0.493 e. The third kappa shape index (κ3) is 7.59. The molecule has 0 radical (unpaired) electrons. The fourth-order valence-electron chi connectivity index (χ4n) is 4.47. The number of benzene rings is 3. The van der Waals surface area contributed by atoms with Crippen LogP contribution in [0, 0.1) is 13.8 Å². The summed E-state index contributed by atoms with van der Waals surface area (Å²) in [5, 5.41) is 3.63. The number of aromatic nitrogens is 2. The summed E-state index contributed by atoms with van der Waals surface area (Å²) < 4.78 is 8.42. The minimum absolute atomic E-state index is 0.0556. The van der Waals surface area contributed by atoms with Gasteiger partial charge in [-0.1, -0.05) is 42.3 Å². The summed E-state index contributed by atoms with van der Waals surface area (Å²) >= 11 is 5.90. The van der Waals surface area contributed by atoms with Gasteiger partial charge in [0.2, 0.25) is 0 Å². The number of ether oxygens (including phenoxy) is 1. The molecule has 0 saturated heterocycles. The number of halogens is 1. The largest absolute Gasteiger partial charge is 0.493 e. The summed E-state index contributed by atoms with van der Waals surface area (Å²) in [6, 6.07) is 21.7. The molecule has 0 unspecified atom stereocenters. The van der Waals surface area contributed by atoms with Crippen LogP contribution in [0.3, 0.4) is 0 Å². The lowest BCUT2D eigenvalue weighted by Gasteiger charge is -2.12. The Hall–Kier alpha value is -3.31. The van der Waals surface area contributed by atoms with Gasteiger partial charge in [-0.15, -0.1) is 0 Å². The molecule has 5 nitrogen and oxygen atoms in total. The first-order valence-corrected chi connectivity index (χ1v) is 13.6. The molecule has 1 amide bonds. The zero-order chi connectivity index (χ0) is 26.0. The van der Waals surface area contributed by atoms with E-state index in [1.165, 1.54) is 16.6 Å². The van der Waals surface area contributed by atoms with Gasteiger partial charge in [0.05, 0.1) is 17.6 Å². The van der Waals surface area contributed by atoms with Crippen LogP contribution < -0.4 is 10.1 Å². The second-order valence-electron chi connectivity index (χ2n) is 9.57. The first kappa shape index (κ1) is 26.7. The molecule has 37 heavy (non-hydrogen) atoms. The lowest BCUT2D eigenvalue weighted by Crippen LogP contribution is -2.24. The summed E-state index contributed by atoms with van der Waals surface area (Å²) in [5.41, 5.74) is 5.29. The van der Waals surface area contributed by atoms with Crippen molar-refractivity contribution in [1.82, 2.24) is 14.9 Å². The lowest BCUT2D eigenvalue weighted by atomic mass is 10.1. The van der Waals surface area contributed by atoms with E-state index in [0.29, 0.717) is 23.7 Å². The molecular formula is C31H36ClN3O2. The molecule has 1 aromatic heterocycles. The Labute approximate surface area is 224 Å². The van der Waals surface area contributed by atoms with Crippen LogP contribution in [-0.4, -0.2) is 28.6 Å². The zero-order valence-corrected chi connectivity index (χ0v) is 22.6. The third-order valence-electron chi connectivity index (χ3n) is 6.58. The highest BCUT2D eigenvalue weighted by atomic mass is 35.5. The van der Waals surface area contributed by atoms with Crippen molar-refractivity contribution in [3.63, 3.8) is 0 Å². The van der Waals surface area contributed by atoms with Crippen LogP contribution >= 0.6 is 11.6 Å². The van der Waals surface area contributed by atoms with Crippen LogP contribution in [0.4, 0.5) is 0 Å². The summed E-state index contributed by atoms with van der Waals surface area (Å²) in [6.45, 7) is 6.50. The molecule has 1 N–H and O–H groups in total. The molecule has 4 aromatic rings. The molecular weight excluding hydrogens is 482 g/mol. The van der Waals surface area contributed by atoms with Gasteiger partial charge in [0, 0.05) is 30.1 Å². The number of nitrogens with one attached hydrogen (secondary N) is 1. The van der Waals surface area contributed by atoms with Crippen LogP contribution in [0.25, 0.3) is 11.0 Å². The van der Waals surface area contributed by atoms with Crippen molar-refractivity contribution in [3.8, 4) is 5.75 Å². The van der Waals surface area contributed by atoms with Crippen molar-refractivity contribution >= 4 is 28.5 Å². The summed E-state index contributed by atoms with van der Waals surface area (Å²) in [6.07, 6.45) is 5.97. The second kappa shape index (κ2) is 13.3. The van der Waals surface area contributed by atoms with E-state index in [-0.39, 0.29) is 5.91 Å². The van der Waals surface area contributed by atoms with Crippen molar-refractivity contribution in [2.24, 2.45) is 0 Å². The fourth-order valence-corrected chi connectivity index (χ4v) is 4.60. The van der Waals surface area contributed by atoms with Gasteiger partial charge in [-0.3, -0.25) is 4.79 Å². The molecule has 0 bridgehead atoms. The molecule has 4 rings (SSSR count). The average Bonchev–Trinajstić information content (AvgIpc) is 3.25.